The lowest BCUT2D eigenvalue weighted by molar-refractivity contribution is 0.0526. The summed E-state index contributed by atoms with van der Waals surface area (Å²) in [5.74, 6) is -0.415. The maximum Gasteiger partial charge on any atom is 0.338 e. The number of thioether (sulfide) groups is 1. The van der Waals surface area contributed by atoms with E-state index in [1.54, 1.807) is 43.0 Å². The molecule has 5 rings (SSSR count). The van der Waals surface area contributed by atoms with Crippen LogP contribution in [0.2, 0.25) is 0 Å². The van der Waals surface area contributed by atoms with Gasteiger partial charge in [-0.05, 0) is 72.8 Å². The highest BCUT2D eigenvalue weighted by Gasteiger charge is 2.33. The number of nitrogens with one attached hydrogen (secondary N) is 1. The first-order chi connectivity index (χ1) is 17.6. The number of esters is 1. The smallest absolute Gasteiger partial charge is 0.338 e. The summed E-state index contributed by atoms with van der Waals surface area (Å²) in [6, 6.07) is 26.9. The molecule has 0 saturated heterocycles. The van der Waals surface area contributed by atoms with Gasteiger partial charge in [0.15, 0.2) is 0 Å². The molecule has 1 atom stereocenters. The van der Waals surface area contributed by atoms with Crippen LogP contribution >= 0.6 is 11.8 Å². The van der Waals surface area contributed by atoms with Crippen molar-refractivity contribution in [2.75, 3.05) is 18.2 Å². The summed E-state index contributed by atoms with van der Waals surface area (Å²) in [5.41, 5.74) is 5.07. The van der Waals surface area contributed by atoms with E-state index in [1.807, 2.05) is 35.6 Å². The quantitative estimate of drug-likeness (QED) is 0.252. The molecule has 0 spiro atoms. The number of nitrogens with zero attached hydrogens (tertiary/aromatic N) is 2. The first-order valence-electron chi connectivity index (χ1n) is 11.8. The van der Waals surface area contributed by atoms with Gasteiger partial charge in [0.1, 0.15) is 0 Å². The van der Waals surface area contributed by atoms with E-state index >= 15 is 0 Å². The molecule has 6 nitrogen and oxygen atoms in total. The highest BCUT2D eigenvalue weighted by molar-refractivity contribution is 7.98. The maximum absolute atomic E-state index is 13.9. The van der Waals surface area contributed by atoms with Gasteiger partial charge in [-0.3, -0.25) is 0 Å². The molecule has 7 heteroatoms. The molecule has 4 aromatic rings. The van der Waals surface area contributed by atoms with E-state index in [1.165, 1.54) is 0 Å². The van der Waals surface area contributed by atoms with E-state index in [0.29, 0.717) is 24.4 Å². The van der Waals surface area contributed by atoms with E-state index in [0.717, 1.165) is 27.4 Å². The maximum atomic E-state index is 13.9. The zero-order chi connectivity index (χ0) is 25.1. The number of urea groups is 1. The van der Waals surface area contributed by atoms with Gasteiger partial charge in [-0.25, -0.2) is 9.59 Å². The predicted octanol–water partition coefficient (Wildman–Crippen LogP) is 6.51. The summed E-state index contributed by atoms with van der Waals surface area (Å²) in [7, 11) is 0. The summed E-state index contributed by atoms with van der Waals surface area (Å²) in [6.45, 7) is 2.48. The van der Waals surface area contributed by atoms with Crippen molar-refractivity contribution < 1.29 is 14.3 Å². The largest absolute Gasteiger partial charge is 0.462 e. The third-order valence-electron chi connectivity index (χ3n) is 6.28. The number of carbonyl (C=O) groups is 2. The lowest BCUT2D eigenvalue weighted by Gasteiger charge is -2.31. The van der Waals surface area contributed by atoms with Crippen molar-refractivity contribution in [3.05, 3.63) is 114 Å². The van der Waals surface area contributed by atoms with E-state index in [2.05, 4.69) is 52.3 Å². The number of rotatable bonds is 5. The second-order valence-electron chi connectivity index (χ2n) is 8.47. The van der Waals surface area contributed by atoms with Crippen LogP contribution in [0.4, 0.5) is 10.5 Å². The van der Waals surface area contributed by atoms with Crippen LogP contribution in [-0.4, -0.2) is 34.3 Å². The number of hydrogen-bond donors (Lipinski definition) is 1. The Morgan fingerprint density at radius 1 is 1.00 bits per heavy atom. The monoisotopic (exact) mass is 497 g/mol. The van der Waals surface area contributed by atoms with Gasteiger partial charge < -0.3 is 19.5 Å². The van der Waals surface area contributed by atoms with Crippen molar-refractivity contribution in [1.29, 1.82) is 0 Å². The van der Waals surface area contributed by atoms with Crippen molar-refractivity contribution in [3.63, 3.8) is 0 Å². The number of ether oxygens (including phenoxy) is 1. The number of carbonyl (C=O) groups excluding carboxylic acids is 2. The second-order valence-corrected chi connectivity index (χ2v) is 9.35. The van der Waals surface area contributed by atoms with Gasteiger partial charge in [0, 0.05) is 22.5 Å². The third kappa shape index (κ3) is 4.62. The Bertz CT molecular complexity index is 1400. The molecule has 2 heterocycles. The number of amides is 2. The highest BCUT2D eigenvalue weighted by atomic mass is 32.2. The molecule has 1 N–H and O–H groups in total. The predicted molar refractivity (Wildman–Crippen MR) is 143 cm³/mol. The Labute approximate surface area is 214 Å². The van der Waals surface area contributed by atoms with Gasteiger partial charge in [-0.2, -0.15) is 0 Å². The molecule has 1 aliphatic heterocycles. The van der Waals surface area contributed by atoms with Crippen LogP contribution in [-0.2, 0) is 11.3 Å². The van der Waals surface area contributed by atoms with Crippen LogP contribution in [0.5, 0.6) is 0 Å². The Morgan fingerprint density at radius 2 is 1.81 bits per heavy atom. The molecule has 0 bridgehead atoms. The van der Waals surface area contributed by atoms with Crippen LogP contribution in [0.3, 0.4) is 0 Å². The molecule has 182 valence electrons. The minimum absolute atomic E-state index is 0.251. The summed E-state index contributed by atoms with van der Waals surface area (Å²) >= 11 is 1.69. The second kappa shape index (κ2) is 10.3. The fourth-order valence-electron chi connectivity index (χ4n) is 4.61. The van der Waals surface area contributed by atoms with Gasteiger partial charge in [-0.1, -0.05) is 36.4 Å². The average molecular weight is 498 g/mol. The molecule has 0 radical (unpaired) electrons. The van der Waals surface area contributed by atoms with E-state index in [-0.39, 0.29) is 12.1 Å². The number of fused-ring (bicyclic) bond motifs is 3. The molecule has 0 aliphatic carbocycles. The van der Waals surface area contributed by atoms with Crippen LogP contribution < -0.4 is 5.32 Å². The zero-order valence-corrected chi connectivity index (χ0v) is 21.0. The Balaban J connectivity index is 1.55. The van der Waals surface area contributed by atoms with Crippen molar-refractivity contribution in [3.8, 4) is 5.69 Å². The van der Waals surface area contributed by atoms with Crippen LogP contribution in [0.1, 0.15) is 40.1 Å². The lowest BCUT2D eigenvalue weighted by Crippen LogP contribution is -2.38. The van der Waals surface area contributed by atoms with Gasteiger partial charge in [0.25, 0.3) is 0 Å². The molecule has 0 fully saturated rings. The lowest BCUT2D eigenvalue weighted by atomic mass is 10.0. The zero-order valence-electron chi connectivity index (χ0n) is 20.2. The molecule has 1 aromatic heterocycles. The number of anilines is 1. The van der Waals surface area contributed by atoms with Crippen LogP contribution in [0.15, 0.2) is 96.0 Å². The first-order valence-corrected chi connectivity index (χ1v) is 13.1. The molecule has 3 aromatic carbocycles. The number of benzene rings is 3. The van der Waals surface area contributed by atoms with E-state index in [9.17, 15) is 9.59 Å². The third-order valence-corrected chi connectivity index (χ3v) is 7.02. The van der Waals surface area contributed by atoms with Crippen LogP contribution in [0.25, 0.3) is 5.69 Å². The minimum Gasteiger partial charge on any atom is -0.462 e. The van der Waals surface area contributed by atoms with Crippen molar-refractivity contribution in [2.45, 2.75) is 24.4 Å². The van der Waals surface area contributed by atoms with Gasteiger partial charge in [-0.15, -0.1) is 11.8 Å². The number of aromatic nitrogens is 1. The molecular weight excluding hydrogens is 470 g/mol. The van der Waals surface area contributed by atoms with Gasteiger partial charge in [0.05, 0.1) is 30.4 Å². The Hall–Kier alpha value is -3.97. The molecule has 0 unspecified atom stereocenters. The normalized spacial score (nSPS) is 14.4. The van der Waals surface area contributed by atoms with E-state index in [4.69, 9.17) is 4.74 Å². The van der Waals surface area contributed by atoms with Crippen molar-refractivity contribution in [2.24, 2.45) is 0 Å². The molecule has 36 heavy (non-hydrogen) atoms. The first kappa shape index (κ1) is 23.8. The van der Waals surface area contributed by atoms with Gasteiger partial charge >= 0.3 is 12.0 Å². The van der Waals surface area contributed by atoms with Gasteiger partial charge in [0.2, 0.25) is 0 Å². The van der Waals surface area contributed by atoms with E-state index < -0.39 is 5.97 Å². The summed E-state index contributed by atoms with van der Waals surface area (Å²) in [5, 5.41) is 3.02. The summed E-state index contributed by atoms with van der Waals surface area (Å²) < 4.78 is 7.28. The number of hydrogen-bond acceptors (Lipinski definition) is 4. The van der Waals surface area contributed by atoms with Crippen molar-refractivity contribution >= 4 is 29.4 Å². The van der Waals surface area contributed by atoms with Crippen LogP contribution in [0, 0.1) is 0 Å². The Morgan fingerprint density at radius 3 is 2.58 bits per heavy atom. The molecule has 0 saturated carbocycles. The fourth-order valence-corrected chi connectivity index (χ4v) is 5.02. The fraction of sp³-hybridized carbons (Fsp3) is 0.172. The SMILES string of the molecule is CCOC(=O)c1cccc(NC(=O)N2Cc3ccccc3-n3cccc3[C@H]2c2ccc(SC)cc2)c1. The Kier molecular flexibility index (Phi) is 6.82. The minimum atomic E-state index is -0.415. The average Bonchev–Trinajstić information content (AvgIpc) is 3.33. The molecule has 1 aliphatic rings. The van der Waals surface area contributed by atoms with Crippen molar-refractivity contribution in [1.82, 2.24) is 9.47 Å². The summed E-state index contributed by atoms with van der Waals surface area (Å²) in [4.78, 5) is 29.1. The molecular formula is C29H27N3O3S. The number of para-hydroxylation sites is 1. The topological polar surface area (TPSA) is 63.6 Å². The highest BCUT2D eigenvalue weighted by Crippen LogP contribution is 2.37. The molecule has 2 amide bonds. The standard InChI is InChI=1S/C29H27N3O3S/c1-3-35-28(33)21-9-6-10-23(18-21)30-29(34)32-19-22-8-4-5-11-25(22)31-17-7-12-26(31)27(32)20-13-15-24(36-2)16-14-20/h4-18,27H,3,19H2,1-2H3,(H,30,34)/t27-/m1/s1. The summed E-state index contributed by atoms with van der Waals surface area (Å²) in [6.07, 6.45) is 4.09.